The molecule has 0 fully saturated rings. The second kappa shape index (κ2) is 13.9. The van der Waals surface area contributed by atoms with Crippen LogP contribution >= 0.6 is 0 Å². The molecule has 0 aliphatic carbocycles. The predicted molar refractivity (Wildman–Crippen MR) is 232 cm³/mol. The van der Waals surface area contributed by atoms with Gasteiger partial charge in [-0.2, -0.15) is 23.7 Å². The summed E-state index contributed by atoms with van der Waals surface area (Å²) in [6, 6.07) is 56.0. The maximum Gasteiger partial charge on any atom is 0.417 e. The van der Waals surface area contributed by atoms with E-state index in [0.29, 0.717) is 22.6 Å². The van der Waals surface area contributed by atoms with E-state index in [1.165, 1.54) is 12.1 Å². The lowest BCUT2D eigenvalue weighted by molar-refractivity contribution is -0.137. The second-order valence-corrected chi connectivity index (χ2v) is 14.6. The average Bonchev–Trinajstić information content (AvgIpc) is 3.80. The van der Waals surface area contributed by atoms with Crippen LogP contribution in [0.15, 0.2) is 170 Å². The molecule has 0 saturated carbocycles. The summed E-state index contributed by atoms with van der Waals surface area (Å²) in [6.07, 6.45) is -4.65. The summed E-state index contributed by atoms with van der Waals surface area (Å²) in [4.78, 5) is 3.54. The molecule has 0 spiro atoms. The van der Waals surface area contributed by atoms with Crippen molar-refractivity contribution < 1.29 is 13.2 Å². The van der Waals surface area contributed by atoms with Gasteiger partial charge in [-0.25, -0.2) is 4.85 Å². The van der Waals surface area contributed by atoms with E-state index < -0.39 is 11.7 Å². The molecule has 10 aromatic rings. The monoisotopic (exact) mass is 779 g/mol. The van der Waals surface area contributed by atoms with Crippen molar-refractivity contribution >= 4 is 49.3 Å². The van der Waals surface area contributed by atoms with Crippen molar-refractivity contribution in [1.29, 1.82) is 10.5 Å². The summed E-state index contributed by atoms with van der Waals surface area (Å²) in [5.74, 6) is 0. The van der Waals surface area contributed by atoms with Gasteiger partial charge in [0.2, 0.25) is 0 Å². The number of rotatable bonds is 5. The molecular weight excluding hydrogens is 752 g/mol. The number of aromatic nitrogens is 2. The maximum atomic E-state index is 14.9. The fraction of sp³-hybridized carbons (Fsp3) is 0.0192. The lowest BCUT2D eigenvalue weighted by Gasteiger charge is -2.20. The topological polar surface area (TPSA) is 61.8 Å². The lowest BCUT2D eigenvalue weighted by atomic mass is 9.95. The van der Waals surface area contributed by atoms with Crippen LogP contribution in [0.5, 0.6) is 0 Å². The zero-order valence-corrected chi connectivity index (χ0v) is 31.5. The molecule has 0 atom stereocenters. The van der Waals surface area contributed by atoms with Gasteiger partial charge >= 0.3 is 6.18 Å². The van der Waals surface area contributed by atoms with Crippen LogP contribution in [0, 0.1) is 29.2 Å². The number of para-hydroxylation sites is 2. The molecule has 5 nitrogen and oxygen atoms in total. The highest BCUT2D eigenvalue weighted by Gasteiger charge is 2.34. The van der Waals surface area contributed by atoms with E-state index in [1.54, 1.807) is 42.5 Å². The van der Waals surface area contributed by atoms with E-state index in [2.05, 4.69) is 17.0 Å². The molecule has 0 bridgehead atoms. The number of fused-ring (bicyclic) bond motifs is 6. The van der Waals surface area contributed by atoms with Crippen molar-refractivity contribution in [2.45, 2.75) is 6.18 Å². The highest BCUT2D eigenvalue weighted by atomic mass is 19.4. The largest absolute Gasteiger partial charge is 0.417 e. The molecule has 8 heteroatoms. The van der Waals surface area contributed by atoms with E-state index in [0.717, 1.165) is 71.9 Å². The van der Waals surface area contributed by atoms with Crippen LogP contribution in [0.3, 0.4) is 0 Å². The van der Waals surface area contributed by atoms with Crippen molar-refractivity contribution in [3.05, 3.63) is 198 Å². The number of nitriles is 2. The Bertz CT molecular complexity index is 3300. The lowest BCUT2D eigenvalue weighted by Crippen LogP contribution is -2.09. The van der Waals surface area contributed by atoms with Gasteiger partial charge in [-0.3, -0.25) is 0 Å². The summed E-state index contributed by atoms with van der Waals surface area (Å²) in [5.41, 5.74) is 8.23. The summed E-state index contributed by atoms with van der Waals surface area (Å²) in [5, 5.41) is 24.5. The highest BCUT2D eigenvalue weighted by molar-refractivity contribution is 6.12. The number of hydrogen-bond donors (Lipinski definition) is 0. The summed E-state index contributed by atoms with van der Waals surface area (Å²) in [6.45, 7) is 7.42. The van der Waals surface area contributed by atoms with E-state index in [-0.39, 0.29) is 16.7 Å². The fourth-order valence-corrected chi connectivity index (χ4v) is 8.50. The number of halogens is 3. The van der Waals surface area contributed by atoms with Crippen LogP contribution in [0.4, 0.5) is 18.9 Å². The Morgan fingerprint density at radius 2 is 0.933 bits per heavy atom. The molecule has 60 heavy (non-hydrogen) atoms. The van der Waals surface area contributed by atoms with Gasteiger partial charge in [0.05, 0.1) is 57.2 Å². The van der Waals surface area contributed by atoms with Gasteiger partial charge in [0, 0.05) is 21.5 Å². The average molecular weight is 780 g/mol. The molecule has 10 rings (SSSR count). The molecular formula is C52H28F3N5. The Morgan fingerprint density at radius 1 is 0.467 bits per heavy atom. The van der Waals surface area contributed by atoms with Gasteiger partial charge < -0.3 is 9.13 Å². The van der Waals surface area contributed by atoms with Gasteiger partial charge in [0.1, 0.15) is 11.6 Å². The number of nitrogens with zero attached hydrogens (tertiary/aromatic N) is 5. The maximum absolute atomic E-state index is 14.9. The third kappa shape index (κ3) is 5.77. The summed E-state index contributed by atoms with van der Waals surface area (Å²) < 4.78 is 48.6. The molecule has 0 unspecified atom stereocenters. The molecule has 0 aliphatic heterocycles. The minimum absolute atomic E-state index is 0.0163. The molecule has 0 saturated heterocycles. The molecule has 0 amide bonds. The fourth-order valence-electron chi connectivity index (χ4n) is 8.50. The molecule has 282 valence electrons. The van der Waals surface area contributed by atoms with Gasteiger partial charge in [-0.1, -0.05) is 115 Å². The Morgan fingerprint density at radius 3 is 1.43 bits per heavy atom. The van der Waals surface area contributed by atoms with Gasteiger partial charge in [0.25, 0.3) is 0 Å². The number of benzene rings is 8. The van der Waals surface area contributed by atoms with Crippen LogP contribution < -0.4 is 0 Å². The van der Waals surface area contributed by atoms with Crippen LogP contribution in [0.25, 0.3) is 93.2 Å². The molecule has 0 radical (unpaired) electrons. The van der Waals surface area contributed by atoms with E-state index in [4.69, 9.17) is 6.57 Å². The SMILES string of the molecule is [C-]#[N+]c1ccc(-c2ccc3c4ccccc4n(-c4cc(-c5ccccc5C(F)(F)F)cc(-n5c6ccccc6c6ccc(-c7ccc(C#N)cc7)cc65)c4C#N)c3c2)cc1. The van der Waals surface area contributed by atoms with Gasteiger partial charge in [-0.05, 0) is 88.0 Å². The Hall–Kier alpha value is -8.38. The minimum atomic E-state index is -4.65. The van der Waals surface area contributed by atoms with Crippen LogP contribution in [0.2, 0.25) is 0 Å². The quantitative estimate of drug-likeness (QED) is 0.163. The van der Waals surface area contributed by atoms with Crippen LogP contribution in [-0.4, -0.2) is 9.13 Å². The van der Waals surface area contributed by atoms with Crippen LogP contribution in [0.1, 0.15) is 16.7 Å². The first kappa shape index (κ1) is 36.0. The van der Waals surface area contributed by atoms with Gasteiger partial charge in [0.15, 0.2) is 5.69 Å². The Labute approximate surface area is 342 Å². The first-order valence-electron chi connectivity index (χ1n) is 19.1. The van der Waals surface area contributed by atoms with E-state index >= 15 is 0 Å². The third-order valence-electron chi connectivity index (χ3n) is 11.3. The minimum Gasteiger partial charge on any atom is -0.308 e. The van der Waals surface area contributed by atoms with E-state index in [9.17, 15) is 23.7 Å². The Balaban J connectivity index is 1.34. The second-order valence-electron chi connectivity index (χ2n) is 14.6. The van der Waals surface area contributed by atoms with E-state index in [1.807, 2.05) is 118 Å². The number of alkyl halides is 3. The zero-order chi connectivity index (χ0) is 41.1. The van der Waals surface area contributed by atoms with Crippen molar-refractivity contribution in [1.82, 2.24) is 9.13 Å². The van der Waals surface area contributed by atoms with Crippen molar-refractivity contribution in [2.24, 2.45) is 0 Å². The van der Waals surface area contributed by atoms with Crippen molar-refractivity contribution in [3.8, 4) is 56.9 Å². The first-order valence-corrected chi connectivity index (χ1v) is 19.1. The normalized spacial score (nSPS) is 11.5. The standard InChI is InChI=1S/C52H28F3N5/c1-58-38-22-18-34(19-23-38)36-21-25-43-41-10-4-7-13-47(41)60(49(43)27-36)51-29-37(39-8-2-5-11-45(39)52(53,54)55)28-50(44(51)31-57)59-46-12-6-3-9-40(46)42-24-20-35(26-48(42)59)33-16-14-32(30-56)15-17-33/h2-29H. The molecule has 0 aliphatic rings. The predicted octanol–water partition coefficient (Wildman–Crippen LogP) is 14.2. The molecule has 0 N–H and O–H groups in total. The molecule has 2 heterocycles. The van der Waals surface area contributed by atoms with Crippen molar-refractivity contribution in [2.75, 3.05) is 0 Å². The molecule has 8 aromatic carbocycles. The number of hydrogen-bond acceptors (Lipinski definition) is 2. The summed E-state index contributed by atoms with van der Waals surface area (Å²) in [7, 11) is 0. The smallest absolute Gasteiger partial charge is 0.308 e. The van der Waals surface area contributed by atoms with Crippen LogP contribution in [-0.2, 0) is 6.18 Å². The molecule has 2 aromatic heterocycles. The Kier molecular flexibility index (Phi) is 8.35. The first-order chi connectivity index (χ1) is 29.2. The summed E-state index contributed by atoms with van der Waals surface area (Å²) >= 11 is 0. The zero-order valence-electron chi connectivity index (χ0n) is 31.5. The third-order valence-corrected chi connectivity index (χ3v) is 11.3. The highest BCUT2D eigenvalue weighted by Crippen LogP contribution is 2.44. The van der Waals surface area contributed by atoms with Gasteiger partial charge in [-0.15, -0.1) is 0 Å². The van der Waals surface area contributed by atoms with Crippen molar-refractivity contribution in [3.63, 3.8) is 0 Å².